The summed E-state index contributed by atoms with van der Waals surface area (Å²) in [6.07, 6.45) is 13.6. The largest absolute Gasteiger partial charge is 0.226 e. The molecule has 0 aromatic heterocycles. The minimum Gasteiger partial charge on any atom is -0.226 e. The van der Waals surface area contributed by atoms with Crippen molar-refractivity contribution in [2.24, 2.45) is 9.98 Å². The lowest BCUT2D eigenvalue weighted by Gasteiger charge is -2.17. The molecule has 0 spiro atoms. The van der Waals surface area contributed by atoms with Crippen molar-refractivity contribution in [2.75, 3.05) is 6.54 Å². The summed E-state index contributed by atoms with van der Waals surface area (Å²) >= 11 is 0. The van der Waals surface area contributed by atoms with E-state index in [4.69, 9.17) is 0 Å². The smallest absolute Gasteiger partial charge is 0.0910 e. The van der Waals surface area contributed by atoms with Crippen molar-refractivity contribution >= 4 is 6.01 Å². The van der Waals surface area contributed by atoms with Gasteiger partial charge in [0.15, 0.2) is 0 Å². The van der Waals surface area contributed by atoms with E-state index >= 15 is 0 Å². The highest BCUT2D eigenvalue weighted by molar-refractivity contribution is 5.43. The molecule has 0 aliphatic heterocycles. The Kier molecular flexibility index (Phi) is 11.1. The molecule has 0 unspecified atom stereocenters. The summed E-state index contributed by atoms with van der Waals surface area (Å²) in [5.41, 5.74) is 0.953. The van der Waals surface area contributed by atoms with Gasteiger partial charge in [-0.15, -0.1) is 0 Å². The number of benzene rings is 1. The third kappa shape index (κ3) is 9.67. The average Bonchev–Trinajstić information content (AvgIpc) is 2.60. The van der Waals surface area contributed by atoms with Crippen LogP contribution in [-0.2, 0) is 5.54 Å². The van der Waals surface area contributed by atoms with Crippen molar-refractivity contribution in [3.8, 4) is 0 Å². The van der Waals surface area contributed by atoms with Gasteiger partial charge in [-0.2, -0.15) is 0 Å². The standard InChI is InChI=1S/C22H36N2/c1-4-5-6-7-8-9-10-11-12-16-19-23-20-24-22(2,3)21-17-14-13-15-18-21/h13-15,17-18H,4-12,16,19H2,1-3H3. The van der Waals surface area contributed by atoms with Crippen LogP contribution in [0.2, 0.25) is 0 Å². The van der Waals surface area contributed by atoms with Crippen molar-refractivity contribution in [3.63, 3.8) is 0 Å². The molecule has 1 aromatic rings. The lowest BCUT2D eigenvalue weighted by Crippen LogP contribution is -2.12. The van der Waals surface area contributed by atoms with Crippen LogP contribution in [0.5, 0.6) is 0 Å². The van der Waals surface area contributed by atoms with Crippen LogP contribution in [0.25, 0.3) is 0 Å². The quantitative estimate of drug-likeness (QED) is 0.274. The molecule has 1 aromatic carbocycles. The SMILES string of the molecule is CCCCCCCCCCCCN=C=NC(C)(C)c1ccccc1. The first kappa shape index (κ1) is 20.6. The number of unbranched alkanes of at least 4 members (excludes halogenated alkanes) is 9. The molecule has 0 saturated heterocycles. The highest BCUT2D eigenvalue weighted by atomic mass is 14.9. The maximum atomic E-state index is 4.49. The highest BCUT2D eigenvalue weighted by Gasteiger charge is 2.17. The Balaban J connectivity index is 2.07. The van der Waals surface area contributed by atoms with Crippen LogP contribution in [-0.4, -0.2) is 12.6 Å². The second kappa shape index (κ2) is 13.0. The van der Waals surface area contributed by atoms with Gasteiger partial charge in [0.2, 0.25) is 0 Å². The summed E-state index contributed by atoms with van der Waals surface area (Å²) in [6.45, 7) is 7.33. The Bertz CT molecular complexity index is 470. The molecule has 2 heteroatoms. The number of hydrogen-bond acceptors (Lipinski definition) is 2. The highest BCUT2D eigenvalue weighted by Crippen LogP contribution is 2.23. The van der Waals surface area contributed by atoms with Gasteiger partial charge < -0.3 is 0 Å². The van der Waals surface area contributed by atoms with Gasteiger partial charge in [-0.1, -0.05) is 95.0 Å². The van der Waals surface area contributed by atoms with Gasteiger partial charge in [0.1, 0.15) is 0 Å². The Morgan fingerprint density at radius 1 is 0.792 bits per heavy atom. The van der Waals surface area contributed by atoms with Gasteiger partial charge in [0.05, 0.1) is 11.5 Å². The minimum atomic E-state index is -0.247. The summed E-state index contributed by atoms with van der Waals surface area (Å²) in [5.74, 6) is 0. The Hall–Kier alpha value is -1.40. The van der Waals surface area contributed by atoms with E-state index in [1.165, 1.54) is 63.4 Å². The maximum absolute atomic E-state index is 4.49. The fraction of sp³-hybridized carbons (Fsp3) is 0.682. The first-order valence-electron chi connectivity index (χ1n) is 9.85. The molecule has 0 amide bonds. The van der Waals surface area contributed by atoms with Crippen molar-refractivity contribution < 1.29 is 0 Å². The van der Waals surface area contributed by atoms with Crippen molar-refractivity contribution in [2.45, 2.75) is 90.5 Å². The zero-order chi connectivity index (χ0) is 17.5. The second-order valence-corrected chi connectivity index (χ2v) is 7.20. The predicted octanol–water partition coefficient (Wildman–Crippen LogP) is 7.02. The summed E-state index contributed by atoms with van der Waals surface area (Å²) in [4.78, 5) is 8.83. The molecule has 0 radical (unpaired) electrons. The Morgan fingerprint density at radius 3 is 1.92 bits per heavy atom. The van der Waals surface area contributed by atoms with E-state index in [0.717, 1.165) is 13.0 Å². The molecule has 0 bridgehead atoms. The van der Waals surface area contributed by atoms with Crippen LogP contribution in [0, 0.1) is 0 Å². The van der Waals surface area contributed by atoms with E-state index in [2.05, 4.69) is 48.9 Å². The summed E-state index contributed by atoms with van der Waals surface area (Å²) < 4.78 is 0. The molecular formula is C22H36N2. The molecule has 2 nitrogen and oxygen atoms in total. The zero-order valence-electron chi connectivity index (χ0n) is 16.1. The second-order valence-electron chi connectivity index (χ2n) is 7.20. The van der Waals surface area contributed by atoms with E-state index < -0.39 is 0 Å². The van der Waals surface area contributed by atoms with Gasteiger partial charge in [0.25, 0.3) is 0 Å². The van der Waals surface area contributed by atoms with E-state index in [0.29, 0.717) is 0 Å². The fourth-order valence-electron chi connectivity index (χ4n) is 2.80. The third-order valence-corrected chi connectivity index (χ3v) is 4.50. The van der Waals surface area contributed by atoms with Crippen LogP contribution < -0.4 is 0 Å². The predicted molar refractivity (Wildman–Crippen MR) is 106 cm³/mol. The summed E-state index contributed by atoms with van der Waals surface area (Å²) in [6, 6.07) is 13.2. The van der Waals surface area contributed by atoms with E-state index in [1.54, 1.807) is 0 Å². The normalized spacial score (nSPS) is 11.1. The lowest BCUT2D eigenvalue weighted by molar-refractivity contribution is 0.556. The molecular weight excluding hydrogens is 292 g/mol. The van der Waals surface area contributed by atoms with E-state index in [1.807, 2.05) is 18.2 Å². The number of aliphatic imine (C=N–C) groups is 2. The maximum Gasteiger partial charge on any atom is 0.0910 e. The molecule has 0 aliphatic carbocycles. The average molecular weight is 329 g/mol. The molecule has 0 N–H and O–H groups in total. The summed E-state index contributed by atoms with van der Waals surface area (Å²) in [5, 5.41) is 0. The first-order valence-corrected chi connectivity index (χ1v) is 9.85. The van der Waals surface area contributed by atoms with Crippen LogP contribution >= 0.6 is 0 Å². The topological polar surface area (TPSA) is 24.7 Å². The van der Waals surface area contributed by atoms with E-state index in [9.17, 15) is 0 Å². The van der Waals surface area contributed by atoms with Gasteiger partial charge in [-0.05, 0) is 25.8 Å². The number of rotatable bonds is 13. The van der Waals surface area contributed by atoms with E-state index in [-0.39, 0.29) is 5.54 Å². The van der Waals surface area contributed by atoms with Crippen molar-refractivity contribution in [1.29, 1.82) is 0 Å². The van der Waals surface area contributed by atoms with Gasteiger partial charge in [-0.25, -0.2) is 9.98 Å². The number of nitrogens with zero attached hydrogens (tertiary/aromatic N) is 2. The Labute approximate surface area is 149 Å². The van der Waals surface area contributed by atoms with Crippen molar-refractivity contribution in [3.05, 3.63) is 35.9 Å². The van der Waals surface area contributed by atoms with Gasteiger partial charge >= 0.3 is 0 Å². The fourth-order valence-corrected chi connectivity index (χ4v) is 2.80. The first-order chi connectivity index (χ1) is 11.7. The molecule has 0 aliphatic rings. The van der Waals surface area contributed by atoms with Crippen molar-refractivity contribution in [1.82, 2.24) is 0 Å². The monoisotopic (exact) mass is 328 g/mol. The van der Waals surface area contributed by atoms with Gasteiger partial charge in [0, 0.05) is 6.54 Å². The third-order valence-electron chi connectivity index (χ3n) is 4.50. The number of hydrogen-bond donors (Lipinski definition) is 0. The lowest BCUT2D eigenvalue weighted by atomic mass is 9.95. The van der Waals surface area contributed by atoms with Crippen LogP contribution in [0.15, 0.2) is 40.3 Å². The van der Waals surface area contributed by atoms with Crippen LogP contribution in [0.1, 0.15) is 90.5 Å². The molecule has 134 valence electrons. The molecule has 0 heterocycles. The molecule has 0 atom stereocenters. The Morgan fingerprint density at radius 2 is 1.33 bits per heavy atom. The molecule has 0 saturated carbocycles. The van der Waals surface area contributed by atoms with Gasteiger partial charge in [-0.3, -0.25) is 0 Å². The molecule has 1 rings (SSSR count). The zero-order valence-corrected chi connectivity index (χ0v) is 16.1. The summed E-state index contributed by atoms with van der Waals surface area (Å²) in [7, 11) is 0. The molecule has 24 heavy (non-hydrogen) atoms. The van der Waals surface area contributed by atoms with Crippen LogP contribution in [0.4, 0.5) is 0 Å². The molecule has 0 fully saturated rings. The van der Waals surface area contributed by atoms with Crippen LogP contribution in [0.3, 0.4) is 0 Å². The minimum absolute atomic E-state index is 0.247.